The third-order valence-electron chi connectivity index (χ3n) is 4.05. The number of aryl methyl sites for hydroxylation is 1. The van der Waals surface area contributed by atoms with Crippen LogP contribution in [0, 0.1) is 0 Å². The normalized spacial score (nSPS) is 11.3. The highest BCUT2D eigenvalue weighted by molar-refractivity contribution is 5.74. The van der Waals surface area contributed by atoms with Gasteiger partial charge < -0.3 is 9.30 Å². The van der Waals surface area contributed by atoms with Crippen molar-refractivity contribution in [2.24, 2.45) is 0 Å². The highest BCUT2D eigenvalue weighted by Gasteiger charge is 2.12. The molecule has 3 aromatic heterocycles. The van der Waals surface area contributed by atoms with Crippen molar-refractivity contribution in [1.82, 2.24) is 29.4 Å². The molecule has 1 aromatic carbocycles. The molecule has 126 valence electrons. The molecule has 0 aliphatic heterocycles. The number of hydrogen-bond donors (Lipinski definition) is 0. The lowest BCUT2D eigenvalue weighted by molar-refractivity contribution is 0.414. The summed E-state index contributed by atoms with van der Waals surface area (Å²) in [5, 5.41) is 12.5. The summed E-state index contributed by atoms with van der Waals surface area (Å²) in [5.41, 5.74) is 1.66. The predicted octanol–water partition coefficient (Wildman–Crippen LogP) is 1.45. The molecular formula is C17H16N6O2. The number of benzene rings is 1. The predicted molar refractivity (Wildman–Crippen MR) is 91.8 cm³/mol. The molecule has 8 nitrogen and oxygen atoms in total. The monoisotopic (exact) mass is 336 g/mol. The van der Waals surface area contributed by atoms with Crippen LogP contribution in [-0.2, 0) is 13.0 Å². The van der Waals surface area contributed by atoms with Crippen molar-refractivity contribution in [3.8, 4) is 5.75 Å². The van der Waals surface area contributed by atoms with Crippen molar-refractivity contribution in [2.75, 3.05) is 7.11 Å². The number of pyridine rings is 1. The third-order valence-corrected chi connectivity index (χ3v) is 4.05. The molecule has 0 radical (unpaired) electrons. The first kappa shape index (κ1) is 15.3. The molecule has 0 fully saturated rings. The van der Waals surface area contributed by atoms with Crippen LogP contribution in [0.3, 0.4) is 0 Å². The minimum atomic E-state index is -0.212. The van der Waals surface area contributed by atoms with Gasteiger partial charge >= 0.3 is 0 Å². The van der Waals surface area contributed by atoms with E-state index in [1.807, 2.05) is 37.3 Å². The number of hydrogen-bond acceptors (Lipinski definition) is 6. The van der Waals surface area contributed by atoms with Crippen LogP contribution >= 0.6 is 0 Å². The van der Waals surface area contributed by atoms with E-state index in [0.29, 0.717) is 30.1 Å². The molecule has 4 aromatic rings. The summed E-state index contributed by atoms with van der Waals surface area (Å²) in [6.07, 6.45) is 2.43. The summed E-state index contributed by atoms with van der Waals surface area (Å²) < 4.78 is 8.32. The summed E-state index contributed by atoms with van der Waals surface area (Å²) >= 11 is 0. The number of rotatable bonds is 4. The van der Waals surface area contributed by atoms with E-state index in [4.69, 9.17) is 4.74 Å². The zero-order valence-corrected chi connectivity index (χ0v) is 13.9. The first-order valence-electron chi connectivity index (χ1n) is 7.94. The zero-order valence-electron chi connectivity index (χ0n) is 13.9. The zero-order chi connectivity index (χ0) is 17.4. The largest absolute Gasteiger partial charge is 0.497 e. The van der Waals surface area contributed by atoms with Gasteiger partial charge in [0.05, 0.1) is 13.7 Å². The van der Waals surface area contributed by atoms with E-state index >= 15 is 0 Å². The van der Waals surface area contributed by atoms with Crippen molar-refractivity contribution >= 4 is 16.8 Å². The van der Waals surface area contributed by atoms with Gasteiger partial charge in [-0.2, -0.15) is 9.50 Å². The van der Waals surface area contributed by atoms with Gasteiger partial charge in [-0.05, 0) is 23.8 Å². The van der Waals surface area contributed by atoms with Crippen molar-refractivity contribution < 1.29 is 4.74 Å². The van der Waals surface area contributed by atoms with E-state index < -0.39 is 0 Å². The average molecular weight is 336 g/mol. The van der Waals surface area contributed by atoms with Crippen LogP contribution in [0.15, 0.2) is 41.3 Å². The fraction of sp³-hybridized carbons (Fsp3) is 0.235. The van der Waals surface area contributed by atoms with E-state index in [-0.39, 0.29) is 11.1 Å². The van der Waals surface area contributed by atoms with E-state index in [1.54, 1.807) is 22.4 Å². The second-order valence-corrected chi connectivity index (χ2v) is 5.62. The minimum Gasteiger partial charge on any atom is -0.497 e. The molecule has 0 aliphatic carbocycles. The first-order valence-corrected chi connectivity index (χ1v) is 7.94. The minimum absolute atomic E-state index is 0.212. The Morgan fingerprint density at radius 1 is 1.12 bits per heavy atom. The Kier molecular flexibility index (Phi) is 3.64. The fourth-order valence-electron chi connectivity index (χ4n) is 2.69. The number of aromatic nitrogens is 6. The molecule has 0 amide bonds. The Hall–Kier alpha value is -3.29. The van der Waals surface area contributed by atoms with Gasteiger partial charge in [-0.25, -0.2) is 0 Å². The maximum atomic E-state index is 12.8. The summed E-state index contributed by atoms with van der Waals surface area (Å²) in [6.45, 7) is 2.41. The van der Waals surface area contributed by atoms with Crippen LogP contribution in [0.2, 0.25) is 0 Å². The van der Waals surface area contributed by atoms with Crippen LogP contribution < -0.4 is 10.3 Å². The Labute approximate surface area is 142 Å². The number of fused-ring (bicyclic) bond motifs is 3. The fourth-order valence-corrected chi connectivity index (χ4v) is 2.69. The molecule has 0 atom stereocenters. The van der Waals surface area contributed by atoms with Gasteiger partial charge in [0.15, 0.2) is 11.3 Å². The van der Waals surface area contributed by atoms with E-state index in [2.05, 4.69) is 20.3 Å². The average Bonchev–Trinajstić information content (AvgIpc) is 3.08. The van der Waals surface area contributed by atoms with Gasteiger partial charge in [0.1, 0.15) is 11.3 Å². The van der Waals surface area contributed by atoms with Crippen LogP contribution in [0.1, 0.15) is 18.3 Å². The molecule has 4 rings (SSSR count). The lowest BCUT2D eigenvalue weighted by Crippen LogP contribution is -2.22. The molecule has 0 spiro atoms. The molecule has 0 aliphatic rings. The quantitative estimate of drug-likeness (QED) is 0.561. The number of nitrogens with zero attached hydrogens (tertiary/aromatic N) is 6. The van der Waals surface area contributed by atoms with Crippen LogP contribution in [0.25, 0.3) is 16.8 Å². The van der Waals surface area contributed by atoms with Crippen LogP contribution in [0.4, 0.5) is 0 Å². The molecule has 0 N–H and O–H groups in total. The molecule has 8 heteroatoms. The molecule has 3 heterocycles. The second kappa shape index (κ2) is 5.97. The topological polar surface area (TPSA) is 87.2 Å². The van der Waals surface area contributed by atoms with Crippen molar-refractivity contribution in [3.63, 3.8) is 0 Å². The van der Waals surface area contributed by atoms with Crippen LogP contribution in [-0.4, -0.2) is 36.5 Å². The van der Waals surface area contributed by atoms with Crippen molar-refractivity contribution in [3.05, 3.63) is 58.3 Å². The van der Waals surface area contributed by atoms with E-state index in [0.717, 1.165) is 11.3 Å². The van der Waals surface area contributed by atoms with Crippen molar-refractivity contribution in [1.29, 1.82) is 0 Å². The van der Waals surface area contributed by atoms with Gasteiger partial charge in [-0.3, -0.25) is 4.79 Å². The number of ether oxygens (including phenoxy) is 1. The van der Waals surface area contributed by atoms with Gasteiger partial charge in [0, 0.05) is 12.6 Å². The van der Waals surface area contributed by atoms with Gasteiger partial charge in [0.25, 0.3) is 11.3 Å². The Morgan fingerprint density at radius 3 is 2.64 bits per heavy atom. The lowest BCUT2D eigenvalue weighted by Gasteiger charge is -2.08. The highest BCUT2D eigenvalue weighted by Crippen LogP contribution is 2.13. The third kappa shape index (κ3) is 2.61. The Bertz CT molecular complexity index is 1110. The smallest absolute Gasteiger partial charge is 0.280 e. The van der Waals surface area contributed by atoms with Gasteiger partial charge in [0.2, 0.25) is 0 Å². The molecule has 0 bridgehead atoms. The molecule has 0 saturated carbocycles. The summed E-state index contributed by atoms with van der Waals surface area (Å²) in [6, 6.07) is 9.40. The first-order chi connectivity index (χ1) is 12.2. The maximum absolute atomic E-state index is 12.8. The molecular weight excluding hydrogens is 320 g/mol. The second-order valence-electron chi connectivity index (χ2n) is 5.62. The molecule has 25 heavy (non-hydrogen) atoms. The van der Waals surface area contributed by atoms with E-state index in [1.165, 1.54) is 0 Å². The summed E-state index contributed by atoms with van der Waals surface area (Å²) in [4.78, 5) is 17.0. The summed E-state index contributed by atoms with van der Waals surface area (Å²) in [7, 11) is 1.62. The highest BCUT2D eigenvalue weighted by atomic mass is 16.5. The maximum Gasteiger partial charge on any atom is 0.280 e. The molecule has 0 unspecified atom stereocenters. The van der Waals surface area contributed by atoms with E-state index in [9.17, 15) is 4.79 Å². The van der Waals surface area contributed by atoms with Gasteiger partial charge in [-0.15, -0.1) is 15.3 Å². The van der Waals surface area contributed by atoms with Crippen molar-refractivity contribution in [2.45, 2.75) is 19.9 Å². The lowest BCUT2D eigenvalue weighted by atomic mass is 10.2. The SMILES string of the molecule is CCc1nc2nnc3c(=O)n(Cc4ccc(OC)cc4)ccc3n2n1. The van der Waals surface area contributed by atoms with Crippen LogP contribution in [0.5, 0.6) is 5.75 Å². The Morgan fingerprint density at radius 2 is 1.92 bits per heavy atom. The number of methoxy groups -OCH3 is 1. The standard InChI is InChI=1S/C17H16N6O2/c1-3-14-18-17-20-19-15-13(23(17)21-14)8-9-22(16(15)24)10-11-4-6-12(25-2)7-5-11/h4-9H,3,10H2,1-2H3. The molecule has 0 saturated heterocycles. The van der Waals surface area contributed by atoms with Gasteiger partial charge in [-0.1, -0.05) is 19.1 Å². The Balaban J connectivity index is 1.79. The summed E-state index contributed by atoms with van der Waals surface area (Å²) in [5.74, 6) is 1.85.